The molecule has 0 spiro atoms. The number of nitrogens with zero attached hydrogens (tertiary/aromatic N) is 1. The fourth-order valence-corrected chi connectivity index (χ4v) is 2.09. The second kappa shape index (κ2) is 5.14. The van der Waals surface area contributed by atoms with Crippen molar-refractivity contribution in [2.24, 2.45) is 0 Å². The third-order valence-electron chi connectivity index (χ3n) is 3.10. The van der Waals surface area contributed by atoms with Crippen LogP contribution in [0.2, 0.25) is 0 Å². The van der Waals surface area contributed by atoms with Gasteiger partial charge in [0.1, 0.15) is 5.82 Å². The SMILES string of the molecule is COC1CCC(NC(=O)c2ccc(N)nc2)C1. The van der Waals surface area contributed by atoms with E-state index in [0.717, 1.165) is 19.3 Å². The molecule has 5 heteroatoms. The maximum atomic E-state index is 11.9. The number of nitrogen functional groups attached to an aromatic ring is 1. The van der Waals surface area contributed by atoms with Crippen molar-refractivity contribution >= 4 is 11.7 Å². The number of carbonyl (C=O) groups excluding carboxylic acids is 1. The molecule has 1 heterocycles. The first-order valence-corrected chi connectivity index (χ1v) is 5.74. The summed E-state index contributed by atoms with van der Waals surface area (Å²) in [4.78, 5) is 15.8. The molecule has 2 atom stereocenters. The number of methoxy groups -OCH3 is 1. The number of nitrogens with one attached hydrogen (secondary N) is 1. The van der Waals surface area contributed by atoms with Crippen LogP contribution in [0.25, 0.3) is 0 Å². The molecule has 1 aromatic heterocycles. The highest BCUT2D eigenvalue weighted by Gasteiger charge is 2.25. The molecule has 1 aliphatic carbocycles. The van der Waals surface area contributed by atoms with E-state index in [1.165, 1.54) is 6.20 Å². The summed E-state index contributed by atoms with van der Waals surface area (Å²) in [6.07, 6.45) is 4.61. The van der Waals surface area contributed by atoms with E-state index >= 15 is 0 Å². The lowest BCUT2D eigenvalue weighted by Crippen LogP contribution is -2.33. The van der Waals surface area contributed by atoms with Gasteiger partial charge >= 0.3 is 0 Å². The number of pyridine rings is 1. The van der Waals surface area contributed by atoms with Crippen LogP contribution >= 0.6 is 0 Å². The molecule has 0 aromatic carbocycles. The number of rotatable bonds is 3. The molecule has 0 saturated heterocycles. The molecule has 2 rings (SSSR count). The molecule has 3 N–H and O–H groups in total. The smallest absolute Gasteiger partial charge is 0.253 e. The van der Waals surface area contributed by atoms with Crippen molar-refractivity contribution in [3.05, 3.63) is 23.9 Å². The third-order valence-corrected chi connectivity index (χ3v) is 3.10. The number of hydrogen-bond acceptors (Lipinski definition) is 4. The minimum absolute atomic E-state index is 0.0979. The average molecular weight is 235 g/mol. The zero-order valence-electron chi connectivity index (χ0n) is 9.85. The molecule has 0 radical (unpaired) electrons. The van der Waals surface area contributed by atoms with Gasteiger partial charge in [0.25, 0.3) is 5.91 Å². The van der Waals surface area contributed by atoms with Gasteiger partial charge in [-0.3, -0.25) is 4.79 Å². The Kier molecular flexibility index (Phi) is 3.58. The topological polar surface area (TPSA) is 77.2 Å². The molecular formula is C12H17N3O2. The molecule has 1 fully saturated rings. The van der Waals surface area contributed by atoms with Gasteiger partial charge < -0.3 is 15.8 Å². The normalized spacial score (nSPS) is 23.6. The monoisotopic (exact) mass is 235 g/mol. The molecule has 1 aliphatic rings. The van der Waals surface area contributed by atoms with Crippen molar-refractivity contribution in [3.8, 4) is 0 Å². The number of ether oxygens (including phenoxy) is 1. The third kappa shape index (κ3) is 2.94. The highest BCUT2D eigenvalue weighted by atomic mass is 16.5. The Balaban J connectivity index is 1.91. The highest BCUT2D eigenvalue weighted by molar-refractivity contribution is 5.94. The summed E-state index contributed by atoms with van der Waals surface area (Å²) in [5.41, 5.74) is 6.01. The molecule has 2 unspecified atom stereocenters. The standard InChI is InChI=1S/C12H17N3O2/c1-17-10-4-3-9(6-10)15-12(16)8-2-5-11(13)14-7-8/h2,5,7,9-10H,3-4,6H2,1H3,(H2,13,14)(H,15,16). The minimum Gasteiger partial charge on any atom is -0.384 e. The highest BCUT2D eigenvalue weighted by Crippen LogP contribution is 2.21. The van der Waals surface area contributed by atoms with E-state index in [-0.39, 0.29) is 18.1 Å². The van der Waals surface area contributed by atoms with Gasteiger partial charge in [-0.25, -0.2) is 4.98 Å². The van der Waals surface area contributed by atoms with Gasteiger partial charge in [0.15, 0.2) is 0 Å². The van der Waals surface area contributed by atoms with E-state index in [0.29, 0.717) is 11.4 Å². The lowest BCUT2D eigenvalue weighted by Gasteiger charge is -2.12. The first-order valence-electron chi connectivity index (χ1n) is 5.74. The Morgan fingerprint density at radius 3 is 2.94 bits per heavy atom. The molecule has 1 saturated carbocycles. The van der Waals surface area contributed by atoms with Gasteiger partial charge in [-0.15, -0.1) is 0 Å². The number of anilines is 1. The quantitative estimate of drug-likeness (QED) is 0.818. The van der Waals surface area contributed by atoms with Crippen molar-refractivity contribution in [2.75, 3.05) is 12.8 Å². The van der Waals surface area contributed by atoms with Crippen molar-refractivity contribution in [2.45, 2.75) is 31.4 Å². The summed E-state index contributed by atoms with van der Waals surface area (Å²) in [6, 6.07) is 3.51. The van der Waals surface area contributed by atoms with Gasteiger partial charge in [0.2, 0.25) is 0 Å². The van der Waals surface area contributed by atoms with Crippen molar-refractivity contribution in [1.82, 2.24) is 10.3 Å². The number of amides is 1. The second-order valence-corrected chi connectivity index (χ2v) is 4.31. The van der Waals surface area contributed by atoms with Crippen molar-refractivity contribution < 1.29 is 9.53 Å². The Hall–Kier alpha value is -1.62. The largest absolute Gasteiger partial charge is 0.384 e. The minimum atomic E-state index is -0.0979. The average Bonchev–Trinajstić information content (AvgIpc) is 2.77. The predicted octanol–water partition coefficient (Wildman–Crippen LogP) is 0.961. The van der Waals surface area contributed by atoms with E-state index in [2.05, 4.69) is 10.3 Å². The number of nitrogens with two attached hydrogens (primary N) is 1. The summed E-state index contributed by atoms with van der Waals surface area (Å²) in [5, 5.41) is 2.98. The van der Waals surface area contributed by atoms with Crippen LogP contribution in [0.4, 0.5) is 5.82 Å². The van der Waals surface area contributed by atoms with Crippen LogP contribution in [-0.4, -0.2) is 30.1 Å². The van der Waals surface area contributed by atoms with E-state index in [1.54, 1.807) is 19.2 Å². The van der Waals surface area contributed by atoms with E-state index in [9.17, 15) is 4.79 Å². The van der Waals surface area contributed by atoms with Crippen LogP contribution in [0.1, 0.15) is 29.6 Å². The van der Waals surface area contributed by atoms with Gasteiger partial charge in [-0.2, -0.15) is 0 Å². The van der Waals surface area contributed by atoms with Gasteiger partial charge in [0, 0.05) is 19.3 Å². The molecule has 17 heavy (non-hydrogen) atoms. The summed E-state index contributed by atoms with van der Waals surface area (Å²) >= 11 is 0. The van der Waals surface area contributed by atoms with Crippen LogP contribution in [-0.2, 0) is 4.74 Å². The van der Waals surface area contributed by atoms with E-state index in [1.807, 2.05) is 0 Å². The Bertz CT molecular complexity index is 391. The Labute approximate surface area is 100 Å². The summed E-state index contributed by atoms with van der Waals surface area (Å²) in [6.45, 7) is 0. The van der Waals surface area contributed by atoms with E-state index < -0.39 is 0 Å². The summed E-state index contributed by atoms with van der Waals surface area (Å²) in [5.74, 6) is 0.320. The van der Waals surface area contributed by atoms with E-state index in [4.69, 9.17) is 10.5 Å². The number of carbonyl (C=O) groups is 1. The summed E-state index contributed by atoms with van der Waals surface area (Å²) < 4.78 is 5.26. The lowest BCUT2D eigenvalue weighted by atomic mass is 10.2. The lowest BCUT2D eigenvalue weighted by molar-refractivity contribution is 0.0914. The maximum absolute atomic E-state index is 11.9. The molecule has 0 aliphatic heterocycles. The zero-order valence-corrected chi connectivity index (χ0v) is 9.85. The number of aromatic nitrogens is 1. The van der Waals surface area contributed by atoms with Crippen LogP contribution in [0, 0.1) is 0 Å². The van der Waals surface area contributed by atoms with Crippen LogP contribution in [0.5, 0.6) is 0 Å². The molecule has 92 valence electrons. The molecular weight excluding hydrogens is 218 g/mol. The van der Waals surface area contributed by atoms with Crippen LogP contribution < -0.4 is 11.1 Å². The maximum Gasteiger partial charge on any atom is 0.253 e. The van der Waals surface area contributed by atoms with Crippen molar-refractivity contribution in [3.63, 3.8) is 0 Å². The van der Waals surface area contributed by atoms with Gasteiger partial charge in [-0.1, -0.05) is 0 Å². The van der Waals surface area contributed by atoms with Crippen LogP contribution in [0.3, 0.4) is 0 Å². The predicted molar refractivity (Wildman–Crippen MR) is 64.6 cm³/mol. The summed E-state index contributed by atoms with van der Waals surface area (Å²) in [7, 11) is 1.71. The van der Waals surface area contributed by atoms with Crippen molar-refractivity contribution in [1.29, 1.82) is 0 Å². The Morgan fingerprint density at radius 1 is 1.53 bits per heavy atom. The second-order valence-electron chi connectivity index (χ2n) is 4.31. The Morgan fingerprint density at radius 2 is 2.35 bits per heavy atom. The zero-order chi connectivity index (χ0) is 12.3. The molecule has 5 nitrogen and oxygen atoms in total. The first-order chi connectivity index (χ1) is 8.19. The molecule has 0 bridgehead atoms. The molecule has 1 aromatic rings. The van der Waals surface area contributed by atoms with Gasteiger partial charge in [0.05, 0.1) is 11.7 Å². The molecule has 1 amide bonds. The fraction of sp³-hybridized carbons (Fsp3) is 0.500. The van der Waals surface area contributed by atoms with Gasteiger partial charge in [-0.05, 0) is 31.4 Å². The fourth-order valence-electron chi connectivity index (χ4n) is 2.09. The first kappa shape index (κ1) is 11.9. The number of hydrogen-bond donors (Lipinski definition) is 2. The van der Waals surface area contributed by atoms with Crippen LogP contribution in [0.15, 0.2) is 18.3 Å².